The minimum absolute atomic E-state index is 0.170. The summed E-state index contributed by atoms with van der Waals surface area (Å²) in [4.78, 5) is 4.01. The van der Waals surface area contributed by atoms with Crippen molar-refractivity contribution in [3.63, 3.8) is 0 Å². The van der Waals surface area contributed by atoms with Crippen LogP contribution >= 0.6 is 11.6 Å². The topological polar surface area (TPSA) is 43.8 Å². The van der Waals surface area contributed by atoms with E-state index in [1.54, 1.807) is 23.2 Å². The van der Waals surface area contributed by atoms with Gasteiger partial charge in [-0.05, 0) is 24.6 Å². The number of nitrogens with two attached hydrogens (primary N) is 1. The molecule has 0 unspecified atom stereocenters. The van der Waals surface area contributed by atoms with Crippen LogP contribution in [0, 0.1) is 5.82 Å². The van der Waals surface area contributed by atoms with Crippen molar-refractivity contribution in [1.29, 1.82) is 0 Å². The summed E-state index contributed by atoms with van der Waals surface area (Å²) in [5, 5.41) is 0.478. The Kier molecular flexibility index (Phi) is 3.45. The fourth-order valence-corrected chi connectivity index (χ4v) is 1.83. The van der Waals surface area contributed by atoms with Gasteiger partial charge in [0.1, 0.15) is 5.82 Å². The molecule has 17 heavy (non-hydrogen) atoms. The Bertz CT molecular complexity index is 524. The molecule has 90 valence electrons. The highest BCUT2D eigenvalue weighted by atomic mass is 35.5. The van der Waals surface area contributed by atoms with Crippen LogP contribution < -0.4 is 5.73 Å². The summed E-state index contributed by atoms with van der Waals surface area (Å²) in [6.45, 7) is 1.97. The van der Waals surface area contributed by atoms with E-state index in [-0.39, 0.29) is 11.9 Å². The monoisotopic (exact) mass is 253 g/mol. The Morgan fingerprint density at radius 2 is 2.29 bits per heavy atom. The van der Waals surface area contributed by atoms with Crippen molar-refractivity contribution in [1.82, 2.24) is 9.55 Å². The van der Waals surface area contributed by atoms with E-state index in [0.717, 1.165) is 12.1 Å². The fraction of sp³-hybridized carbons (Fsp3) is 0.250. The molecule has 5 heteroatoms. The van der Waals surface area contributed by atoms with E-state index < -0.39 is 0 Å². The average molecular weight is 254 g/mol. The molecule has 0 saturated carbocycles. The van der Waals surface area contributed by atoms with Crippen LogP contribution in [0.25, 0.3) is 5.69 Å². The molecule has 0 radical (unpaired) electrons. The summed E-state index contributed by atoms with van der Waals surface area (Å²) in [7, 11) is 0. The first-order chi connectivity index (χ1) is 8.13. The predicted octanol–water partition coefficient (Wildman–Crippen LogP) is 3.07. The fourth-order valence-electron chi connectivity index (χ4n) is 1.66. The number of aromatic nitrogens is 2. The van der Waals surface area contributed by atoms with E-state index >= 15 is 0 Å². The Hall–Kier alpha value is -1.39. The quantitative estimate of drug-likeness (QED) is 0.914. The van der Waals surface area contributed by atoms with E-state index in [4.69, 9.17) is 17.3 Å². The number of hydrogen-bond donors (Lipinski definition) is 1. The highest BCUT2D eigenvalue weighted by Crippen LogP contribution is 2.23. The average Bonchev–Trinajstić information content (AvgIpc) is 2.80. The first-order valence-corrected chi connectivity index (χ1v) is 5.74. The van der Waals surface area contributed by atoms with E-state index in [2.05, 4.69) is 4.98 Å². The van der Waals surface area contributed by atoms with Crippen LogP contribution in [-0.4, -0.2) is 9.55 Å². The molecule has 0 aliphatic carbocycles. The molecule has 0 fully saturated rings. The zero-order valence-corrected chi connectivity index (χ0v) is 10.2. The van der Waals surface area contributed by atoms with Gasteiger partial charge in [-0.3, -0.25) is 4.57 Å². The molecule has 0 amide bonds. The van der Waals surface area contributed by atoms with Crippen molar-refractivity contribution in [2.75, 3.05) is 0 Å². The number of rotatable bonds is 3. The minimum atomic E-state index is -0.350. The molecule has 0 saturated heterocycles. The van der Waals surface area contributed by atoms with Crippen LogP contribution in [0.1, 0.15) is 25.1 Å². The highest BCUT2D eigenvalue weighted by Gasteiger charge is 2.13. The molecule has 2 N–H and O–H groups in total. The number of halogens is 2. The van der Waals surface area contributed by atoms with Crippen LogP contribution in [0.2, 0.25) is 5.02 Å². The lowest BCUT2D eigenvalue weighted by molar-refractivity contribution is 0.605. The van der Waals surface area contributed by atoms with Gasteiger partial charge < -0.3 is 5.73 Å². The normalized spacial score (nSPS) is 12.7. The van der Waals surface area contributed by atoms with Crippen LogP contribution in [0.5, 0.6) is 0 Å². The largest absolute Gasteiger partial charge is 0.323 e. The van der Waals surface area contributed by atoms with Crippen LogP contribution in [0.4, 0.5) is 4.39 Å². The summed E-state index contributed by atoms with van der Waals surface area (Å²) >= 11 is 5.87. The van der Waals surface area contributed by atoms with Crippen molar-refractivity contribution >= 4 is 11.6 Å². The van der Waals surface area contributed by atoms with Crippen LogP contribution in [0.15, 0.2) is 30.7 Å². The summed E-state index contributed by atoms with van der Waals surface area (Å²) in [6, 6.07) is 4.23. The number of benzene rings is 1. The van der Waals surface area contributed by atoms with Gasteiger partial charge in [0.2, 0.25) is 0 Å². The zero-order valence-electron chi connectivity index (χ0n) is 9.40. The first-order valence-electron chi connectivity index (χ1n) is 5.36. The smallest absolute Gasteiger partial charge is 0.147 e. The third kappa shape index (κ3) is 2.33. The van der Waals surface area contributed by atoms with Gasteiger partial charge in [-0.1, -0.05) is 18.5 Å². The van der Waals surface area contributed by atoms with E-state index in [1.165, 1.54) is 12.1 Å². The van der Waals surface area contributed by atoms with Crippen molar-refractivity contribution in [2.24, 2.45) is 5.73 Å². The van der Waals surface area contributed by atoms with Gasteiger partial charge in [0.05, 0.1) is 23.9 Å². The Morgan fingerprint density at radius 3 is 3.00 bits per heavy atom. The molecule has 0 aliphatic rings. The second-order valence-electron chi connectivity index (χ2n) is 3.80. The summed E-state index contributed by atoms with van der Waals surface area (Å²) in [6.07, 6.45) is 3.95. The number of hydrogen-bond acceptors (Lipinski definition) is 2. The van der Waals surface area contributed by atoms with E-state index in [0.29, 0.717) is 10.7 Å². The summed E-state index contributed by atoms with van der Waals surface area (Å²) < 4.78 is 15.4. The van der Waals surface area contributed by atoms with Gasteiger partial charge in [-0.15, -0.1) is 0 Å². The maximum Gasteiger partial charge on any atom is 0.147 e. The lowest BCUT2D eigenvalue weighted by atomic mass is 10.2. The molecule has 3 nitrogen and oxygen atoms in total. The molecule has 1 aromatic carbocycles. The predicted molar refractivity (Wildman–Crippen MR) is 65.8 cm³/mol. The highest BCUT2D eigenvalue weighted by molar-refractivity contribution is 6.30. The molecular weight excluding hydrogens is 241 g/mol. The van der Waals surface area contributed by atoms with Crippen molar-refractivity contribution in [3.8, 4) is 5.69 Å². The lowest BCUT2D eigenvalue weighted by Crippen LogP contribution is -2.14. The Labute approximate surface area is 104 Å². The second kappa shape index (κ2) is 4.85. The first kappa shape index (κ1) is 12.1. The lowest BCUT2D eigenvalue weighted by Gasteiger charge is -2.13. The Balaban J connectivity index is 2.53. The number of nitrogens with zero attached hydrogens (tertiary/aromatic N) is 2. The molecule has 0 aliphatic heterocycles. The minimum Gasteiger partial charge on any atom is -0.323 e. The SMILES string of the molecule is CC[C@@H](N)c1cncn1-c1cc(Cl)ccc1F. The third-order valence-electron chi connectivity index (χ3n) is 2.65. The van der Waals surface area contributed by atoms with E-state index in [9.17, 15) is 4.39 Å². The maximum absolute atomic E-state index is 13.7. The van der Waals surface area contributed by atoms with Gasteiger partial charge in [-0.2, -0.15) is 0 Å². The zero-order chi connectivity index (χ0) is 12.4. The Morgan fingerprint density at radius 1 is 1.53 bits per heavy atom. The van der Waals surface area contributed by atoms with Crippen molar-refractivity contribution in [3.05, 3.63) is 47.3 Å². The molecule has 0 bridgehead atoms. The molecule has 2 rings (SSSR count). The second-order valence-corrected chi connectivity index (χ2v) is 4.24. The van der Waals surface area contributed by atoms with Crippen molar-refractivity contribution < 1.29 is 4.39 Å². The molecule has 0 spiro atoms. The summed E-state index contributed by atoms with van der Waals surface area (Å²) in [5.41, 5.74) is 7.09. The van der Waals surface area contributed by atoms with Gasteiger partial charge in [0.15, 0.2) is 0 Å². The van der Waals surface area contributed by atoms with Crippen molar-refractivity contribution in [2.45, 2.75) is 19.4 Å². The number of imidazole rings is 1. The molecule has 1 aromatic heterocycles. The maximum atomic E-state index is 13.7. The molecule has 1 heterocycles. The standard InChI is InChI=1S/C12H13ClFN3/c1-2-10(15)12-6-16-7-17(12)11-5-8(13)3-4-9(11)14/h3-7,10H,2,15H2,1H3/t10-/m1/s1. The van der Waals surface area contributed by atoms with E-state index in [1.807, 2.05) is 6.92 Å². The van der Waals surface area contributed by atoms with Gasteiger partial charge in [0.25, 0.3) is 0 Å². The molecule has 2 aromatic rings. The van der Waals surface area contributed by atoms with Gasteiger partial charge >= 0.3 is 0 Å². The third-order valence-corrected chi connectivity index (χ3v) is 2.89. The van der Waals surface area contributed by atoms with Crippen LogP contribution in [-0.2, 0) is 0 Å². The van der Waals surface area contributed by atoms with Gasteiger partial charge in [0, 0.05) is 11.1 Å². The van der Waals surface area contributed by atoms with Gasteiger partial charge in [-0.25, -0.2) is 9.37 Å². The van der Waals surface area contributed by atoms with Crippen LogP contribution in [0.3, 0.4) is 0 Å². The summed E-state index contributed by atoms with van der Waals surface area (Å²) in [5.74, 6) is -0.350. The molecular formula is C12H13ClFN3. The molecule has 1 atom stereocenters.